The lowest BCUT2D eigenvalue weighted by Crippen LogP contribution is -2.37. The number of benzene rings is 2. The molecule has 0 aliphatic heterocycles. The van der Waals surface area contributed by atoms with Crippen LogP contribution >= 0.6 is 0 Å². The van der Waals surface area contributed by atoms with E-state index in [0.29, 0.717) is 28.7 Å². The van der Waals surface area contributed by atoms with Crippen molar-refractivity contribution in [3.8, 4) is 12.0 Å². The number of aryl methyl sites for hydroxylation is 1. The fourth-order valence-corrected chi connectivity index (χ4v) is 4.32. The van der Waals surface area contributed by atoms with Crippen LogP contribution in [-0.4, -0.2) is 30.9 Å². The summed E-state index contributed by atoms with van der Waals surface area (Å²) in [6.45, 7) is 7.62. The molecule has 3 aromatic heterocycles. The van der Waals surface area contributed by atoms with Crippen LogP contribution < -0.4 is 10.6 Å². The number of nitriles is 1. The molecule has 5 rings (SSSR count). The molecule has 0 saturated carbocycles. The van der Waals surface area contributed by atoms with E-state index in [4.69, 9.17) is 20.6 Å². The molecule has 186 valence electrons. The Labute approximate surface area is 214 Å². The van der Waals surface area contributed by atoms with Crippen LogP contribution in [0.3, 0.4) is 0 Å². The highest BCUT2D eigenvalue weighted by molar-refractivity contribution is 5.93. The zero-order valence-electron chi connectivity index (χ0n) is 21.1. The first-order valence-corrected chi connectivity index (χ1v) is 11.9. The van der Waals surface area contributed by atoms with Crippen molar-refractivity contribution in [1.82, 2.24) is 19.2 Å². The van der Waals surface area contributed by atoms with Crippen LogP contribution in [0.25, 0.3) is 22.4 Å². The van der Waals surface area contributed by atoms with Crippen LogP contribution in [0.4, 0.5) is 16.4 Å². The van der Waals surface area contributed by atoms with Gasteiger partial charge in [-0.25, -0.2) is 9.31 Å². The van der Waals surface area contributed by atoms with Crippen molar-refractivity contribution >= 4 is 34.1 Å². The van der Waals surface area contributed by atoms with Gasteiger partial charge in [-0.05, 0) is 63.6 Å². The SMILES string of the molecule is Cc1cc2c(C#N)cccc2n1-c1nc(N(Cc2ccccc2)C(=O)OC(C)(C)C)c2ccc(N)n2n1. The van der Waals surface area contributed by atoms with Gasteiger partial charge in [-0.1, -0.05) is 36.4 Å². The molecule has 0 spiro atoms. The molecule has 0 aliphatic carbocycles. The Balaban J connectivity index is 1.75. The zero-order chi connectivity index (χ0) is 26.3. The summed E-state index contributed by atoms with van der Waals surface area (Å²) < 4.78 is 9.20. The molecule has 9 heteroatoms. The van der Waals surface area contributed by atoms with Gasteiger partial charge in [0.1, 0.15) is 16.9 Å². The first kappa shape index (κ1) is 23.9. The Hall–Kier alpha value is -4.84. The normalized spacial score (nSPS) is 11.5. The van der Waals surface area contributed by atoms with Crippen LogP contribution in [0.2, 0.25) is 0 Å². The van der Waals surface area contributed by atoms with Crippen molar-refractivity contribution < 1.29 is 9.53 Å². The lowest BCUT2D eigenvalue weighted by atomic mass is 10.1. The maximum Gasteiger partial charge on any atom is 0.416 e. The number of fused-ring (bicyclic) bond motifs is 2. The number of aromatic nitrogens is 4. The molecule has 2 N–H and O–H groups in total. The van der Waals surface area contributed by atoms with Gasteiger partial charge in [-0.2, -0.15) is 10.2 Å². The van der Waals surface area contributed by atoms with Crippen molar-refractivity contribution in [2.45, 2.75) is 39.8 Å². The van der Waals surface area contributed by atoms with E-state index < -0.39 is 11.7 Å². The fraction of sp³-hybridized carbons (Fsp3) is 0.214. The van der Waals surface area contributed by atoms with Gasteiger partial charge in [0.05, 0.1) is 23.7 Å². The molecule has 0 saturated heterocycles. The lowest BCUT2D eigenvalue weighted by Gasteiger charge is -2.27. The molecule has 0 radical (unpaired) electrons. The smallest absolute Gasteiger partial charge is 0.416 e. The molecular formula is C28H27N7O2. The molecule has 0 fully saturated rings. The maximum absolute atomic E-state index is 13.5. The number of nitrogen functional groups attached to an aromatic ring is 1. The van der Waals surface area contributed by atoms with E-state index in [0.717, 1.165) is 22.2 Å². The van der Waals surface area contributed by atoms with E-state index in [1.165, 1.54) is 4.90 Å². The van der Waals surface area contributed by atoms with Crippen LogP contribution in [0.15, 0.2) is 66.7 Å². The second-order valence-electron chi connectivity index (χ2n) is 9.81. The Kier molecular flexibility index (Phi) is 5.80. The van der Waals surface area contributed by atoms with Crippen LogP contribution in [0.5, 0.6) is 0 Å². The van der Waals surface area contributed by atoms with Gasteiger partial charge < -0.3 is 10.5 Å². The monoisotopic (exact) mass is 493 g/mol. The fourth-order valence-electron chi connectivity index (χ4n) is 4.32. The molecule has 0 aliphatic rings. The quantitative estimate of drug-likeness (QED) is 0.360. The Bertz CT molecular complexity index is 1670. The van der Waals surface area contributed by atoms with Crippen LogP contribution in [-0.2, 0) is 11.3 Å². The van der Waals surface area contributed by atoms with Gasteiger partial charge >= 0.3 is 6.09 Å². The summed E-state index contributed by atoms with van der Waals surface area (Å²) in [5, 5.41) is 15.1. The molecule has 9 nitrogen and oxygen atoms in total. The highest BCUT2D eigenvalue weighted by Crippen LogP contribution is 2.30. The predicted molar refractivity (Wildman–Crippen MR) is 143 cm³/mol. The summed E-state index contributed by atoms with van der Waals surface area (Å²) in [5.41, 5.74) is 9.21. The number of rotatable bonds is 4. The number of carbonyl (C=O) groups excluding carboxylic acids is 1. The van der Waals surface area contributed by atoms with Gasteiger partial charge in [0.15, 0.2) is 5.82 Å². The van der Waals surface area contributed by atoms with E-state index in [1.54, 1.807) is 22.7 Å². The average Bonchev–Trinajstić information content (AvgIpc) is 3.40. The first-order valence-electron chi connectivity index (χ1n) is 11.9. The largest absolute Gasteiger partial charge is 0.443 e. The predicted octanol–water partition coefficient (Wildman–Crippen LogP) is 5.38. The molecule has 1 amide bonds. The second-order valence-corrected chi connectivity index (χ2v) is 9.81. The summed E-state index contributed by atoms with van der Waals surface area (Å²) in [6.07, 6.45) is -0.538. The Morgan fingerprint density at radius 1 is 1.08 bits per heavy atom. The Morgan fingerprint density at radius 2 is 1.84 bits per heavy atom. The average molecular weight is 494 g/mol. The molecule has 2 aromatic carbocycles. The number of ether oxygens (including phenoxy) is 1. The third-order valence-electron chi connectivity index (χ3n) is 5.91. The van der Waals surface area contributed by atoms with E-state index in [-0.39, 0.29) is 6.54 Å². The van der Waals surface area contributed by atoms with Crippen molar-refractivity contribution in [3.05, 3.63) is 83.6 Å². The number of hydrogen-bond donors (Lipinski definition) is 1. The Morgan fingerprint density at radius 3 is 2.54 bits per heavy atom. The van der Waals surface area contributed by atoms with Gasteiger partial charge in [0.25, 0.3) is 5.95 Å². The number of nitrogens with two attached hydrogens (primary N) is 1. The summed E-state index contributed by atoms with van der Waals surface area (Å²) in [4.78, 5) is 19.9. The van der Waals surface area contributed by atoms with Crippen molar-refractivity contribution in [2.24, 2.45) is 0 Å². The number of hydrogen-bond acceptors (Lipinski definition) is 6. The number of carbonyl (C=O) groups is 1. The van der Waals surface area contributed by atoms with Gasteiger partial charge in [0.2, 0.25) is 0 Å². The van der Waals surface area contributed by atoms with Crippen LogP contribution in [0, 0.1) is 18.3 Å². The molecule has 5 aromatic rings. The molecule has 0 bridgehead atoms. The second kappa shape index (κ2) is 8.99. The first-order chi connectivity index (χ1) is 17.7. The summed E-state index contributed by atoms with van der Waals surface area (Å²) >= 11 is 0. The van der Waals surface area contributed by atoms with Crippen LogP contribution in [0.1, 0.15) is 37.6 Å². The third kappa shape index (κ3) is 4.45. The van der Waals surface area contributed by atoms with Crippen molar-refractivity contribution in [3.63, 3.8) is 0 Å². The zero-order valence-corrected chi connectivity index (χ0v) is 21.1. The van der Waals surface area contributed by atoms with E-state index >= 15 is 0 Å². The summed E-state index contributed by atoms with van der Waals surface area (Å²) in [5.74, 6) is 1.07. The minimum Gasteiger partial charge on any atom is -0.443 e. The minimum atomic E-state index is -0.708. The minimum absolute atomic E-state index is 0.233. The van der Waals surface area contributed by atoms with Gasteiger partial charge in [0, 0.05) is 11.1 Å². The van der Waals surface area contributed by atoms with E-state index in [1.807, 2.05) is 80.8 Å². The number of nitrogens with zero attached hydrogens (tertiary/aromatic N) is 6. The van der Waals surface area contributed by atoms with Gasteiger partial charge in [-0.15, -0.1) is 5.10 Å². The third-order valence-corrected chi connectivity index (χ3v) is 5.91. The number of anilines is 2. The molecule has 0 unspecified atom stereocenters. The highest BCUT2D eigenvalue weighted by atomic mass is 16.6. The topological polar surface area (TPSA) is 114 Å². The number of amides is 1. The lowest BCUT2D eigenvalue weighted by molar-refractivity contribution is 0.0576. The van der Waals surface area contributed by atoms with Crippen molar-refractivity contribution in [1.29, 1.82) is 5.26 Å². The van der Waals surface area contributed by atoms with Crippen molar-refractivity contribution in [2.75, 3.05) is 10.6 Å². The standard InChI is InChI=1S/C28H27N7O2/c1-18-15-21-20(16-29)11-8-12-22(21)34(18)26-31-25(23-13-14-24(30)35(23)32-26)33(27(36)37-28(2,3)4)17-19-9-6-5-7-10-19/h5-15H,17,30H2,1-4H3. The van der Waals surface area contributed by atoms with Gasteiger partial charge in [-0.3, -0.25) is 9.47 Å². The van der Waals surface area contributed by atoms with E-state index in [2.05, 4.69) is 6.07 Å². The summed E-state index contributed by atoms with van der Waals surface area (Å²) in [6, 6.07) is 22.8. The molecular weight excluding hydrogens is 466 g/mol. The molecule has 0 atom stereocenters. The molecule has 37 heavy (non-hydrogen) atoms. The maximum atomic E-state index is 13.5. The van der Waals surface area contributed by atoms with E-state index in [9.17, 15) is 10.1 Å². The highest BCUT2D eigenvalue weighted by Gasteiger charge is 2.28. The summed E-state index contributed by atoms with van der Waals surface area (Å²) in [7, 11) is 0. The molecule has 3 heterocycles.